The first kappa shape index (κ1) is 5.29. The summed E-state index contributed by atoms with van der Waals surface area (Å²) in [5, 5.41) is 0. The Morgan fingerprint density at radius 1 is 1.62 bits per heavy atom. The van der Waals surface area contributed by atoms with Crippen molar-refractivity contribution in [2.75, 3.05) is 0 Å². The highest BCUT2D eigenvalue weighted by Crippen LogP contribution is 2.01. The van der Waals surface area contributed by atoms with E-state index < -0.39 is 0 Å². The molecule has 1 heteroatoms. The Morgan fingerprint density at radius 3 is 2.75 bits per heavy atom. The second kappa shape index (κ2) is 1.95. The molecule has 8 heavy (non-hydrogen) atoms. The van der Waals surface area contributed by atoms with Crippen molar-refractivity contribution >= 4 is 0 Å². The van der Waals surface area contributed by atoms with Crippen molar-refractivity contribution in [3.05, 3.63) is 35.6 Å². The quantitative estimate of drug-likeness (QED) is 0.477. The Labute approximate surface area is 48.0 Å². The molecule has 0 nitrogen and oxygen atoms in total. The fourth-order valence-electron chi connectivity index (χ4n) is 0.500. The SMILES string of the molecule is Cc1[c]cccc1F. The van der Waals surface area contributed by atoms with E-state index in [0.29, 0.717) is 5.56 Å². The fourth-order valence-corrected chi connectivity index (χ4v) is 0.500. The highest BCUT2D eigenvalue weighted by molar-refractivity contribution is 5.12. The first-order valence-corrected chi connectivity index (χ1v) is 2.43. The molecule has 0 aliphatic carbocycles. The van der Waals surface area contributed by atoms with Gasteiger partial charge >= 0.3 is 0 Å². The summed E-state index contributed by atoms with van der Waals surface area (Å²) in [6, 6.07) is 7.47. The molecule has 0 aromatic heterocycles. The van der Waals surface area contributed by atoms with E-state index in [9.17, 15) is 4.39 Å². The van der Waals surface area contributed by atoms with Gasteiger partial charge in [0.2, 0.25) is 0 Å². The second-order valence-corrected chi connectivity index (χ2v) is 1.64. The minimum absolute atomic E-state index is 0.187. The zero-order valence-corrected chi connectivity index (χ0v) is 4.61. The lowest BCUT2D eigenvalue weighted by molar-refractivity contribution is 0.618. The van der Waals surface area contributed by atoms with Gasteiger partial charge in [-0.15, -0.1) is 0 Å². The van der Waals surface area contributed by atoms with Gasteiger partial charge in [0.05, 0.1) is 0 Å². The molecule has 0 aliphatic rings. The highest BCUT2D eigenvalue weighted by atomic mass is 19.1. The van der Waals surface area contributed by atoms with Crippen LogP contribution in [0.1, 0.15) is 5.56 Å². The van der Waals surface area contributed by atoms with Crippen LogP contribution in [0.3, 0.4) is 0 Å². The van der Waals surface area contributed by atoms with Crippen molar-refractivity contribution in [3.63, 3.8) is 0 Å². The first-order valence-electron chi connectivity index (χ1n) is 2.43. The zero-order chi connectivity index (χ0) is 5.98. The lowest BCUT2D eigenvalue weighted by atomic mass is 10.2. The summed E-state index contributed by atoms with van der Waals surface area (Å²) in [7, 11) is 0. The maximum atomic E-state index is 12.3. The maximum absolute atomic E-state index is 12.3. The fraction of sp³-hybridized carbons (Fsp3) is 0.143. The van der Waals surface area contributed by atoms with Crippen molar-refractivity contribution in [1.82, 2.24) is 0 Å². The third-order valence-corrected chi connectivity index (χ3v) is 0.997. The Balaban J connectivity index is 3.13. The van der Waals surface area contributed by atoms with E-state index in [1.165, 1.54) is 6.07 Å². The average Bonchev–Trinajstić information content (AvgIpc) is 1.77. The van der Waals surface area contributed by atoms with Gasteiger partial charge in [-0.2, -0.15) is 0 Å². The molecule has 0 heterocycles. The van der Waals surface area contributed by atoms with Crippen molar-refractivity contribution in [3.8, 4) is 0 Å². The molecule has 0 saturated heterocycles. The van der Waals surface area contributed by atoms with Crippen LogP contribution in [0.2, 0.25) is 0 Å². The van der Waals surface area contributed by atoms with Crippen LogP contribution >= 0.6 is 0 Å². The van der Waals surface area contributed by atoms with Crippen molar-refractivity contribution < 1.29 is 4.39 Å². The number of benzene rings is 1. The average molecular weight is 109 g/mol. The van der Waals surface area contributed by atoms with Crippen LogP contribution in [-0.2, 0) is 0 Å². The smallest absolute Gasteiger partial charge is 0.126 e. The summed E-state index contributed by atoms with van der Waals surface area (Å²) in [6.07, 6.45) is 0. The maximum Gasteiger partial charge on any atom is 0.126 e. The molecule has 0 saturated carbocycles. The van der Waals surface area contributed by atoms with Crippen LogP contribution in [0.5, 0.6) is 0 Å². The van der Waals surface area contributed by atoms with E-state index in [1.807, 2.05) is 0 Å². The highest BCUT2D eigenvalue weighted by Gasteiger charge is 1.89. The molecule has 0 aliphatic heterocycles. The monoisotopic (exact) mass is 109 g/mol. The molecule has 0 spiro atoms. The lowest BCUT2D eigenvalue weighted by Crippen LogP contribution is -1.77. The summed E-state index contributed by atoms with van der Waals surface area (Å²) in [5.41, 5.74) is 0.576. The summed E-state index contributed by atoms with van der Waals surface area (Å²) >= 11 is 0. The summed E-state index contributed by atoms with van der Waals surface area (Å²) in [5.74, 6) is -0.187. The molecule has 0 unspecified atom stereocenters. The van der Waals surface area contributed by atoms with Gasteiger partial charge in [0.1, 0.15) is 5.82 Å². The Hall–Kier alpha value is -0.850. The third-order valence-electron chi connectivity index (χ3n) is 0.997. The Morgan fingerprint density at radius 2 is 2.38 bits per heavy atom. The molecule has 1 aromatic carbocycles. The van der Waals surface area contributed by atoms with E-state index >= 15 is 0 Å². The third kappa shape index (κ3) is 0.861. The summed E-state index contributed by atoms with van der Waals surface area (Å²) < 4.78 is 12.3. The van der Waals surface area contributed by atoms with E-state index in [2.05, 4.69) is 6.07 Å². The number of hydrogen-bond acceptors (Lipinski definition) is 0. The molecule has 0 N–H and O–H groups in total. The number of aryl methyl sites for hydroxylation is 1. The molecular weight excluding hydrogens is 103 g/mol. The molecule has 0 fully saturated rings. The van der Waals surface area contributed by atoms with E-state index in [4.69, 9.17) is 0 Å². The van der Waals surface area contributed by atoms with Crippen LogP contribution in [0.4, 0.5) is 4.39 Å². The molecule has 1 radical (unpaired) electrons. The first-order chi connectivity index (χ1) is 3.80. The van der Waals surface area contributed by atoms with Crippen LogP contribution in [0, 0.1) is 18.8 Å². The molecule has 41 valence electrons. The topological polar surface area (TPSA) is 0 Å². The number of halogens is 1. The molecular formula is C7H6F. The van der Waals surface area contributed by atoms with Gasteiger partial charge in [-0.25, -0.2) is 4.39 Å². The lowest BCUT2D eigenvalue weighted by Gasteiger charge is -1.88. The van der Waals surface area contributed by atoms with Crippen LogP contribution in [0.25, 0.3) is 0 Å². The molecule has 0 bridgehead atoms. The van der Waals surface area contributed by atoms with E-state index in [0.717, 1.165) is 0 Å². The van der Waals surface area contributed by atoms with Crippen LogP contribution in [-0.4, -0.2) is 0 Å². The standard InChI is InChI=1S/C7H6F/c1-6-4-2-3-5-7(6)8/h2-3,5H,1H3. The van der Waals surface area contributed by atoms with Crippen LogP contribution in [0.15, 0.2) is 18.2 Å². The zero-order valence-electron chi connectivity index (χ0n) is 4.61. The summed E-state index contributed by atoms with van der Waals surface area (Å²) in [6.45, 7) is 1.69. The van der Waals surface area contributed by atoms with Crippen molar-refractivity contribution in [1.29, 1.82) is 0 Å². The van der Waals surface area contributed by atoms with Crippen LogP contribution < -0.4 is 0 Å². The van der Waals surface area contributed by atoms with Gasteiger partial charge in [-0.3, -0.25) is 0 Å². The second-order valence-electron chi connectivity index (χ2n) is 1.64. The molecule has 1 rings (SSSR count). The number of hydrogen-bond donors (Lipinski definition) is 0. The van der Waals surface area contributed by atoms with Gasteiger partial charge in [0.15, 0.2) is 0 Å². The van der Waals surface area contributed by atoms with Gasteiger partial charge in [-0.1, -0.05) is 12.1 Å². The minimum Gasteiger partial charge on any atom is -0.207 e. The van der Waals surface area contributed by atoms with Gasteiger partial charge in [-0.05, 0) is 24.6 Å². The Bertz CT molecular complexity index is 160. The Kier molecular flexibility index (Phi) is 1.29. The van der Waals surface area contributed by atoms with Crippen molar-refractivity contribution in [2.24, 2.45) is 0 Å². The molecule has 0 amide bonds. The largest absolute Gasteiger partial charge is 0.207 e. The van der Waals surface area contributed by atoms with E-state index in [-0.39, 0.29) is 5.82 Å². The van der Waals surface area contributed by atoms with Gasteiger partial charge < -0.3 is 0 Å². The molecule has 0 atom stereocenters. The summed E-state index contributed by atoms with van der Waals surface area (Å²) in [4.78, 5) is 0. The number of rotatable bonds is 0. The normalized spacial score (nSPS) is 9.25. The molecule has 1 aromatic rings. The predicted octanol–water partition coefficient (Wildman–Crippen LogP) is 1.93. The minimum atomic E-state index is -0.187. The predicted molar refractivity (Wildman–Crippen MR) is 30.0 cm³/mol. The van der Waals surface area contributed by atoms with Gasteiger partial charge in [0, 0.05) is 0 Å². The van der Waals surface area contributed by atoms with Crippen molar-refractivity contribution in [2.45, 2.75) is 6.92 Å². The van der Waals surface area contributed by atoms with Gasteiger partial charge in [0.25, 0.3) is 0 Å². The van der Waals surface area contributed by atoms with E-state index in [1.54, 1.807) is 19.1 Å².